The van der Waals surface area contributed by atoms with Gasteiger partial charge in [0.15, 0.2) is 0 Å². The maximum atomic E-state index is 3.63. The van der Waals surface area contributed by atoms with E-state index in [1.54, 1.807) is 0 Å². The van der Waals surface area contributed by atoms with Crippen LogP contribution in [0.5, 0.6) is 0 Å². The molecule has 0 amide bonds. The first-order chi connectivity index (χ1) is 8.33. The number of hydrogen-bond acceptors (Lipinski definition) is 3. The molecule has 2 fully saturated rings. The molecule has 0 aliphatic carbocycles. The van der Waals surface area contributed by atoms with Crippen LogP contribution in [0.3, 0.4) is 0 Å². The third-order valence-electron chi connectivity index (χ3n) is 4.54. The Morgan fingerprint density at radius 1 is 1.18 bits per heavy atom. The molecule has 3 nitrogen and oxygen atoms in total. The van der Waals surface area contributed by atoms with Gasteiger partial charge in [0.2, 0.25) is 0 Å². The van der Waals surface area contributed by atoms with Crippen LogP contribution in [0.25, 0.3) is 0 Å². The van der Waals surface area contributed by atoms with Crippen molar-refractivity contribution < 1.29 is 0 Å². The van der Waals surface area contributed by atoms with Crippen molar-refractivity contribution in [3.63, 3.8) is 0 Å². The van der Waals surface area contributed by atoms with Crippen molar-refractivity contribution in [3.8, 4) is 0 Å². The first-order valence-electron chi connectivity index (χ1n) is 7.53. The Bertz CT molecular complexity index is 206. The van der Waals surface area contributed by atoms with Gasteiger partial charge in [0.25, 0.3) is 0 Å². The molecular formula is C14H29N3. The van der Waals surface area contributed by atoms with Gasteiger partial charge in [-0.05, 0) is 58.4 Å². The minimum absolute atomic E-state index is 0.763. The van der Waals surface area contributed by atoms with Crippen LogP contribution < -0.4 is 5.32 Å². The molecule has 0 aromatic rings. The average molecular weight is 239 g/mol. The molecule has 0 bridgehead atoms. The molecule has 17 heavy (non-hydrogen) atoms. The Hall–Kier alpha value is -0.120. The van der Waals surface area contributed by atoms with Crippen molar-refractivity contribution >= 4 is 0 Å². The maximum Gasteiger partial charge on any atom is 0.0195 e. The van der Waals surface area contributed by atoms with E-state index in [4.69, 9.17) is 0 Å². The van der Waals surface area contributed by atoms with E-state index in [1.807, 2.05) is 0 Å². The van der Waals surface area contributed by atoms with Crippen molar-refractivity contribution in [1.82, 2.24) is 15.1 Å². The second kappa shape index (κ2) is 6.72. The van der Waals surface area contributed by atoms with E-state index in [-0.39, 0.29) is 0 Å². The summed E-state index contributed by atoms with van der Waals surface area (Å²) in [7, 11) is 0. The molecule has 1 unspecified atom stereocenters. The lowest BCUT2D eigenvalue weighted by molar-refractivity contribution is 0.108. The lowest BCUT2D eigenvalue weighted by Gasteiger charge is -2.38. The molecule has 1 N–H and O–H groups in total. The molecule has 2 aliphatic heterocycles. The van der Waals surface area contributed by atoms with Gasteiger partial charge in [0.1, 0.15) is 0 Å². The second-order valence-electron chi connectivity index (χ2n) is 5.55. The SMILES string of the molecule is CCN1CCC(N(CC)CC2CCCN2)CC1. The summed E-state index contributed by atoms with van der Waals surface area (Å²) < 4.78 is 0. The summed E-state index contributed by atoms with van der Waals surface area (Å²) in [4.78, 5) is 5.30. The Morgan fingerprint density at radius 3 is 2.47 bits per heavy atom. The van der Waals surface area contributed by atoms with Crippen LogP contribution in [-0.2, 0) is 0 Å². The highest BCUT2D eigenvalue weighted by Gasteiger charge is 2.25. The normalized spacial score (nSPS) is 28.1. The topological polar surface area (TPSA) is 18.5 Å². The summed E-state index contributed by atoms with van der Waals surface area (Å²) >= 11 is 0. The minimum atomic E-state index is 0.763. The van der Waals surface area contributed by atoms with Crippen molar-refractivity contribution in [2.75, 3.05) is 39.3 Å². The predicted octanol–water partition coefficient (Wildman–Crippen LogP) is 1.54. The molecule has 100 valence electrons. The highest BCUT2D eigenvalue weighted by atomic mass is 15.2. The zero-order valence-electron chi connectivity index (χ0n) is 11.6. The maximum absolute atomic E-state index is 3.63. The van der Waals surface area contributed by atoms with Gasteiger partial charge in [-0.1, -0.05) is 13.8 Å². The van der Waals surface area contributed by atoms with Crippen LogP contribution >= 0.6 is 0 Å². The molecule has 0 saturated carbocycles. The van der Waals surface area contributed by atoms with Crippen molar-refractivity contribution in [3.05, 3.63) is 0 Å². The Kier molecular flexibility index (Phi) is 5.26. The highest BCUT2D eigenvalue weighted by Crippen LogP contribution is 2.18. The zero-order valence-corrected chi connectivity index (χ0v) is 11.6. The number of nitrogens with zero attached hydrogens (tertiary/aromatic N) is 2. The monoisotopic (exact) mass is 239 g/mol. The van der Waals surface area contributed by atoms with Crippen molar-refractivity contribution in [2.24, 2.45) is 0 Å². The van der Waals surface area contributed by atoms with Gasteiger partial charge in [0.05, 0.1) is 0 Å². The first kappa shape index (κ1) is 13.3. The molecule has 0 aromatic heterocycles. The van der Waals surface area contributed by atoms with E-state index in [9.17, 15) is 0 Å². The smallest absolute Gasteiger partial charge is 0.0195 e. The van der Waals surface area contributed by atoms with Crippen molar-refractivity contribution in [2.45, 2.75) is 51.6 Å². The number of piperidine rings is 1. The van der Waals surface area contributed by atoms with E-state index in [0.717, 1.165) is 12.1 Å². The Balaban J connectivity index is 1.77. The molecule has 2 rings (SSSR count). The van der Waals surface area contributed by atoms with E-state index < -0.39 is 0 Å². The summed E-state index contributed by atoms with van der Waals surface area (Å²) in [5.41, 5.74) is 0. The molecule has 0 aromatic carbocycles. The van der Waals surface area contributed by atoms with Crippen LogP contribution in [0.2, 0.25) is 0 Å². The van der Waals surface area contributed by atoms with Crippen LogP contribution in [0.4, 0.5) is 0 Å². The fraction of sp³-hybridized carbons (Fsp3) is 1.00. The third kappa shape index (κ3) is 3.67. The minimum Gasteiger partial charge on any atom is -0.313 e. The fourth-order valence-electron chi connectivity index (χ4n) is 3.33. The van der Waals surface area contributed by atoms with E-state index in [2.05, 4.69) is 29.0 Å². The number of rotatable bonds is 5. The van der Waals surface area contributed by atoms with E-state index >= 15 is 0 Å². The number of hydrogen-bond donors (Lipinski definition) is 1. The number of likely N-dealkylation sites (tertiary alicyclic amines) is 1. The van der Waals surface area contributed by atoms with Crippen LogP contribution in [-0.4, -0.2) is 61.2 Å². The molecular weight excluding hydrogens is 210 g/mol. The third-order valence-corrected chi connectivity index (χ3v) is 4.54. The highest BCUT2D eigenvalue weighted by molar-refractivity contribution is 4.84. The van der Waals surface area contributed by atoms with Gasteiger partial charge in [-0.25, -0.2) is 0 Å². The molecule has 0 spiro atoms. The van der Waals surface area contributed by atoms with Crippen LogP contribution in [0, 0.1) is 0 Å². The number of nitrogens with one attached hydrogen (secondary N) is 1. The summed E-state index contributed by atoms with van der Waals surface area (Å²) in [6.45, 7) is 12.1. The van der Waals surface area contributed by atoms with Gasteiger partial charge < -0.3 is 10.2 Å². The quantitative estimate of drug-likeness (QED) is 0.785. The number of likely N-dealkylation sites (N-methyl/N-ethyl adjacent to an activating group) is 1. The predicted molar refractivity (Wildman–Crippen MR) is 73.4 cm³/mol. The van der Waals surface area contributed by atoms with E-state index in [1.165, 1.54) is 65.0 Å². The summed E-state index contributed by atoms with van der Waals surface area (Å²) in [5.74, 6) is 0. The zero-order chi connectivity index (χ0) is 12.1. The fourth-order valence-corrected chi connectivity index (χ4v) is 3.33. The standard InChI is InChI=1S/C14H29N3/c1-3-16-10-7-14(8-11-16)17(4-2)12-13-6-5-9-15-13/h13-15H,3-12H2,1-2H3. The van der Waals surface area contributed by atoms with Crippen molar-refractivity contribution in [1.29, 1.82) is 0 Å². The van der Waals surface area contributed by atoms with Crippen LogP contribution in [0.15, 0.2) is 0 Å². The summed E-state index contributed by atoms with van der Waals surface area (Å²) in [5, 5.41) is 3.63. The molecule has 2 heterocycles. The molecule has 3 heteroatoms. The van der Waals surface area contributed by atoms with Gasteiger partial charge in [-0.15, -0.1) is 0 Å². The van der Waals surface area contributed by atoms with E-state index in [0.29, 0.717) is 0 Å². The van der Waals surface area contributed by atoms with Gasteiger partial charge in [-0.3, -0.25) is 4.90 Å². The molecule has 1 atom stereocenters. The Labute approximate surface area is 107 Å². The Morgan fingerprint density at radius 2 is 1.94 bits per heavy atom. The first-order valence-corrected chi connectivity index (χ1v) is 7.53. The molecule has 0 radical (unpaired) electrons. The van der Waals surface area contributed by atoms with Crippen LogP contribution in [0.1, 0.15) is 39.5 Å². The summed E-state index contributed by atoms with van der Waals surface area (Å²) in [6, 6.07) is 1.60. The molecule has 2 aliphatic rings. The van der Waals surface area contributed by atoms with Gasteiger partial charge in [-0.2, -0.15) is 0 Å². The van der Waals surface area contributed by atoms with Gasteiger partial charge >= 0.3 is 0 Å². The molecule has 2 saturated heterocycles. The lowest BCUT2D eigenvalue weighted by Crippen LogP contribution is -2.48. The lowest BCUT2D eigenvalue weighted by atomic mass is 10.0. The second-order valence-corrected chi connectivity index (χ2v) is 5.55. The summed E-state index contributed by atoms with van der Waals surface area (Å²) in [6.07, 6.45) is 5.49. The largest absolute Gasteiger partial charge is 0.313 e. The van der Waals surface area contributed by atoms with Gasteiger partial charge in [0, 0.05) is 18.6 Å². The average Bonchev–Trinajstić information content (AvgIpc) is 2.89.